The molecule has 0 unspecified atom stereocenters. The number of ketones is 1. The number of carbonyl (C=O) groups excluding carboxylic acids is 1. The lowest BCUT2D eigenvalue weighted by atomic mass is 9.79. The first kappa shape index (κ1) is 18.7. The van der Waals surface area contributed by atoms with Crippen molar-refractivity contribution in [2.75, 3.05) is 6.26 Å². The molecule has 1 aliphatic carbocycles. The molecule has 0 saturated heterocycles. The van der Waals surface area contributed by atoms with E-state index < -0.39 is 0 Å². The van der Waals surface area contributed by atoms with Gasteiger partial charge in [0.1, 0.15) is 0 Å². The number of allylic oxidation sites excluding steroid dienone is 2. The Labute approximate surface area is 174 Å². The molecule has 3 nitrogen and oxygen atoms in total. The highest BCUT2D eigenvalue weighted by molar-refractivity contribution is 7.98. The van der Waals surface area contributed by atoms with Gasteiger partial charge in [0.2, 0.25) is 0 Å². The van der Waals surface area contributed by atoms with E-state index in [1.807, 2.05) is 49.6 Å². The fourth-order valence-electron chi connectivity index (χ4n) is 3.66. The lowest BCUT2D eigenvalue weighted by molar-refractivity contribution is 0.105. The molecule has 4 heteroatoms. The Morgan fingerprint density at radius 2 is 1.59 bits per heavy atom. The summed E-state index contributed by atoms with van der Waals surface area (Å²) in [5.41, 5.74) is 6.08. The summed E-state index contributed by atoms with van der Waals surface area (Å²) in [4.78, 5) is 17.7. The van der Waals surface area contributed by atoms with Crippen LogP contribution in [0.1, 0.15) is 21.5 Å². The van der Waals surface area contributed by atoms with E-state index in [2.05, 4.69) is 29.1 Å². The Morgan fingerprint density at radius 3 is 2.24 bits per heavy atom. The molecule has 0 bridgehead atoms. The van der Waals surface area contributed by atoms with Crippen LogP contribution >= 0.6 is 11.8 Å². The van der Waals surface area contributed by atoms with Gasteiger partial charge in [-0.25, -0.2) is 10.1 Å². The lowest BCUT2D eigenvalue weighted by Gasteiger charge is -2.23. The van der Waals surface area contributed by atoms with Crippen LogP contribution in [-0.2, 0) is 0 Å². The second-order valence-electron chi connectivity index (χ2n) is 6.81. The van der Waals surface area contributed by atoms with Crippen molar-refractivity contribution in [2.45, 2.75) is 11.8 Å². The van der Waals surface area contributed by atoms with E-state index in [1.54, 1.807) is 17.8 Å². The second-order valence-corrected chi connectivity index (χ2v) is 7.69. The third-order valence-electron chi connectivity index (χ3n) is 5.10. The summed E-state index contributed by atoms with van der Waals surface area (Å²) in [6.07, 6.45) is 2.04. The van der Waals surface area contributed by atoms with E-state index in [-0.39, 0.29) is 17.1 Å². The van der Waals surface area contributed by atoms with Gasteiger partial charge in [-0.05, 0) is 65.3 Å². The van der Waals surface area contributed by atoms with E-state index in [0.717, 1.165) is 27.8 Å². The number of nitriles is 1. The quantitative estimate of drug-likeness (QED) is 0.219. The van der Waals surface area contributed by atoms with Crippen LogP contribution in [0.4, 0.5) is 0 Å². The molecular formula is C25H16N2OS. The number of rotatable bonds is 2. The van der Waals surface area contributed by atoms with Crippen LogP contribution in [0.2, 0.25) is 0 Å². The first-order valence-electron chi connectivity index (χ1n) is 9.03. The van der Waals surface area contributed by atoms with Crippen molar-refractivity contribution in [3.63, 3.8) is 0 Å². The molecule has 0 saturated carbocycles. The number of fused-ring (bicyclic) bond motifs is 3. The maximum absolute atomic E-state index is 13.2. The lowest BCUT2D eigenvalue weighted by Crippen LogP contribution is -2.13. The first-order chi connectivity index (χ1) is 14.1. The molecule has 0 fully saturated rings. The van der Waals surface area contributed by atoms with E-state index >= 15 is 0 Å². The summed E-state index contributed by atoms with van der Waals surface area (Å²) >= 11 is 1.69. The monoisotopic (exact) mass is 392 g/mol. The Bertz CT molecular complexity index is 1260. The zero-order valence-corrected chi connectivity index (χ0v) is 16.8. The molecular weight excluding hydrogens is 376 g/mol. The van der Waals surface area contributed by atoms with Gasteiger partial charge in [-0.1, -0.05) is 42.0 Å². The molecule has 0 heterocycles. The largest absolute Gasteiger partial charge is 0.290 e. The molecule has 1 aliphatic rings. The van der Waals surface area contributed by atoms with Crippen LogP contribution in [-0.4, -0.2) is 12.0 Å². The van der Waals surface area contributed by atoms with Gasteiger partial charge >= 0.3 is 0 Å². The normalized spacial score (nSPS) is 13.7. The molecule has 0 aliphatic heterocycles. The summed E-state index contributed by atoms with van der Waals surface area (Å²) in [6.45, 7) is 9.32. The predicted molar refractivity (Wildman–Crippen MR) is 117 cm³/mol. The molecule has 0 N–H and O–H groups in total. The molecule has 29 heavy (non-hydrogen) atoms. The number of thioether (sulfide) groups is 1. The van der Waals surface area contributed by atoms with Crippen LogP contribution in [0.25, 0.3) is 32.7 Å². The molecule has 0 atom stereocenters. The van der Waals surface area contributed by atoms with Crippen molar-refractivity contribution in [3.05, 3.63) is 94.5 Å². The van der Waals surface area contributed by atoms with Crippen molar-refractivity contribution >= 4 is 23.1 Å². The molecule has 138 valence electrons. The summed E-state index contributed by atoms with van der Waals surface area (Å²) in [6, 6.07) is 21.7. The third-order valence-corrected chi connectivity index (χ3v) is 5.85. The number of Topliss-reactive ketones (excluding diaryl/α,β-unsaturated/α-hetero) is 1. The van der Waals surface area contributed by atoms with Gasteiger partial charge < -0.3 is 0 Å². The van der Waals surface area contributed by atoms with Crippen molar-refractivity contribution in [3.8, 4) is 28.3 Å². The molecule has 0 radical (unpaired) electrons. The van der Waals surface area contributed by atoms with Gasteiger partial charge in [0.05, 0.1) is 12.6 Å². The smallest absolute Gasteiger partial charge is 0.273 e. The van der Waals surface area contributed by atoms with E-state index in [9.17, 15) is 10.1 Å². The Kier molecular flexibility index (Phi) is 4.80. The highest BCUT2D eigenvalue weighted by Gasteiger charge is 2.30. The third kappa shape index (κ3) is 3.14. The average Bonchev–Trinajstić information content (AvgIpc) is 2.76. The van der Waals surface area contributed by atoms with Crippen molar-refractivity contribution < 1.29 is 4.79 Å². The highest BCUT2D eigenvalue weighted by atomic mass is 32.2. The Balaban J connectivity index is 1.97. The van der Waals surface area contributed by atoms with Gasteiger partial charge in [0.25, 0.3) is 5.70 Å². The zero-order valence-electron chi connectivity index (χ0n) is 16.0. The van der Waals surface area contributed by atoms with E-state index in [4.69, 9.17) is 6.57 Å². The van der Waals surface area contributed by atoms with E-state index in [1.165, 1.54) is 4.90 Å². The SMILES string of the molecule is [C-]#[N+]/C(C#N)=C1\C(=O)c2ccc(-c3ccc(SC)cc3)cc2-c2cc(C)ccc21. The van der Waals surface area contributed by atoms with Crippen molar-refractivity contribution in [1.29, 1.82) is 5.26 Å². The maximum Gasteiger partial charge on any atom is 0.273 e. The van der Waals surface area contributed by atoms with Crippen molar-refractivity contribution in [2.24, 2.45) is 0 Å². The number of carbonyl (C=O) groups is 1. The van der Waals surface area contributed by atoms with Gasteiger partial charge in [0, 0.05) is 16.0 Å². The van der Waals surface area contributed by atoms with E-state index in [0.29, 0.717) is 11.1 Å². The summed E-state index contributed by atoms with van der Waals surface area (Å²) < 4.78 is 0. The molecule has 3 aromatic rings. The fraction of sp³-hybridized carbons (Fsp3) is 0.0800. The minimum Gasteiger partial charge on any atom is -0.290 e. The Hall–Kier alpha value is -3.60. The van der Waals surface area contributed by atoms with Crippen molar-refractivity contribution in [1.82, 2.24) is 0 Å². The average molecular weight is 392 g/mol. The number of hydrogen-bond donors (Lipinski definition) is 0. The maximum atomic E-state index is 13.2. The summed E-state index contributed by atoms with van der Waals surface area (Å²) in [5.74, 6) is -0.270. The standard InChI is InChI=1S/C25H16N2OS/c1-15-4-10-19-21(12-15)22-13-17(16-5-8-18(29-3)9-6-16)7-11-20(22)25(28)24(19)23(14-26)27-2/h4-13H,1,3H3/b24-23-. The second kappa shape index (κ2) is 7.43. The molecule has 0 amide bonds. The minimum absolute atomic E-state index is 0.164. The molecule has 3 aromatic carbocycles. The van der Waals surface area contributed by atoms with Crippen LogP contribution < -0.4 is 0 Å². The van der Waals surface area contributed by atoms with Gasteiger partial charge in [-0.15, -0.1) is 11.8 Å². The molecule has 0 spiro atoms. The summed E-state index contributed by atoms with van der Waals surface area (Å²) in [5, 5.41) is 9.38. The topological polar surface area (TPSA) is 45.2 Å². The number of hydrogen-bond acceptors (Lipinski definition) is 3. The predicted octanol–water partition coefficient (Wildman–Crippen LogP) is 6.40. The number of benzene rings is 3. The zero-order chi connectivity index (χ0) is 20.5. The highest BCUT2D eigenvalue weighted by Crippen LogP contribution is 2.42. The molecule has 4 rings (SSSR count). The minimum atomic E-state index is -0.270. The van der Waals surface area contributed by atoms with Gasteiger partial charge in [0.15, 0.2) is 5.78 Å². The number of aryl methyl sites for hydroxylation is 1. The van der Waals surface area contributed by atoms with Crippen LogP contribution in [0.3, 0.4) is 0 Å². The van der Waals surface area contributed by atoms with Gasteiger partial charge in [-0.2, -0.15) is 0 Å². The first-order valence-corrected chi connectivity index (χ1v) is 10.3. The van der Waals surface area contributed by atoms with Gasteiger partial charge in [-0.3, -0.25) is 4.79 Å². The fourth-order valence-corrected chi connectivity index (χ4v) is 4.06. The molecule has 0 aromatic heterocycles. The number of nitrogens with zero attached hydrogens (tertiary/aromatic N) is 2. The van der Waals surface area contributed by atoms with Crippen LogP contribution in [0.5, 0.6) is 0 Å². The Morgan fingerprint density at radius 1 is 0.931 bits per heavy atom. The summed E-state index contributed by atoms with van der Waals surface area (Å²) in [7, 11) is 0. The van der Waals surface area contributed by atoms with Crippen LogP contribution in [0.15, 0.2) is 71.3 Å². The van der Waals surface area contributed by atoms with Crippen LogP contribution in [0, 0.1) is 24.8 Å².